The van der Waals surface area contributed by atoms with Crippen LogP contribution in [0.2, 0.25) is 10.0 Å². The van der Waals surface area contributed by atoms with Crippen molar-refractivity contribution < 1.29 is 294 Å². The van der Waals surface area contributed by atoms with Gasteiger partial charge in [-0.3, -0.25) is 33.5 Å². The van der Waals surface area contributed by atoms with Crippen molar-refractivity contribution in [2.75, 3.05) is 52.5 Å². The van der Waals surface area contributed by atoms with E-state index in [-0.39, 0.29) is 225 Å². The first kappa shape index (κ1) is 102. The number of ether oxygens (including phenoxy) is 4. The van der Waals surface area contributed by atoms with Crippen molar-refractivity contribution in [3.8, 4) is 41.4 Å². The van der Waals surface area contributed by atoms with Crippen LogP contribution in [0.5, 0.6) is 17.2 Å². The fraction of sp³-hybridized carbons (Fsp3) is 0.286. The van der Waals surface area contributed by atoms with Gasteiger partial charge >= 0.3 is 199 Å². The van der Waals surface area contributed by atoms with Crippen molar-refractivity contribution in [1.29, 1.82) is 0 Å². The molecule has 4 aliphatic rings. The number of alkyl halides is 9. The number of phosphoric acid groups is 1. The Labute approximate surface area is 764 Å². The topological polar surface area (TPSA) is 276 Å². The molecule has 19 nitrogen and oxygen atoms in total. The second kappa shape index (κ2) is 46.3. The number of hydrogen-bond acceptors (Lipinski definition) is 15. The SMILES string of the molecule is C#Cc1ccc(Cl)cc1.CC(=O)O.CC(=O)O.CCOC(=O)CN1CC2(Cc3ccc(C#Cc4ccc(Cl)cc4)cc3O2)C1.CCOC(=O)CN1CC2(Cc3ccc(OS(=O)(=O)C(F)(F)C(F)(F)C(F)(F)C(F)(F)F)cc3O2)C1.O=P([O-])(O)O.[K+].[K+].[K+].[Pd].c1ccc(P(c2ccccc2)c2ccccc2)cc1. The summed E-state index contributed by atoms with van der Waals surface area (Å²) in [6.45, 7) is 8.38. The van der Waals surface area contributed by atoms with Crippen LogP contribution in [0.4, 0.5) is 39.5 Å². The quantitative estimate of drug-likeness (QED) is 0.0303. The van der Waals surface area contributed by atoms with Gasteiger partial charge in [-0.1, -0.05) is 144 Å². The van der Waals surface area contributed by atoms with Gasteiger partial charge in [0.2, 0.25) is 0 Å². The molecule has 0 saturated carbocycles. The summed E-state index contributed by atoms with van der Waals surface area (Å²) in [5, 5.41) is 13.5. The molecule has 4 heterocycles. The summed E-state index contributed by atoms with van der Waals surface area (Å²) in [5.74, 6) is -8.63. The van der Waals surface area contributed by atoms with E-state index >= 15 is 0 Å². The van der Waals surface area contributed by atoms with E-state index in [1.165, 1.54) is 21.5 Å². The molecule has 2 spiro atoms. The smallest absolute Gasteiger partial charge is 0.756 e. The zero-order chi connectivity index (χ0) is 76.8. The second-order valence-corrected chi connectivity index (χ2v) is 28.1. The molecular formula is C70H66Cl2F9K3N2O17P2PdS+2. The number of rotatable bonds is 14. The van der Waals surface area contributed by atoms with Crippen LogP contribution >= 0.6 is 38.9 Å². The van der Waals surface area contributed by atoms with E-state index in [2.05, 4.69) is 124 Å². The van der Waals surface area contributed by atoms with Crippen LogP contribution in [0, 0.1) is 24.2 Å². The van der Waals surface area contributed by atoms with Gasteiger partial charge in [-0.25, -0.2) is 0 Å². The number of hydrogen-bond donors (Lipinski definition) is 4. The Balaban J connectivity index is 0.000000705. The minimum atomic E-state index is -7.40. The zero-order valence-electron chi connectivity index (χ0n) is 58.2. The van der Waals surface area contributed by atoms with Crippen molar-refractivity contribution in [2.45, 2.75) is 75.0 Å². The van der Waals surface area contributed by atoms with Crippen LogP contribution in [0.25, 0.3) is 0 Å². The predicted octanol–water partition coefficient (Wildman–Crippen LogP) is 2.06. The molecule has 7 aromatic rings. The predicted molar refractivity (Wildman–Crippen MR) is 364 cm³/mol. The van der Waals surface area contributed by atoms with Gasteiger partial charge in [0.05, 0.1) is 26.3 Å². The Morgan fingerprint density at radius 1 is 0.579 bits per heavy atom. The van der Waals surface area contributed by atoms with Gasteiger partial charge in [-0.05, 0) is 116 Å². The van der Waals surface area contributed by atoms with Gasteiger partial charge in [0.15, 0.2) is 0 Å². The van der Waals surface area contributed by atoms with Gasteiger partial charge in [-0.2, -0.15) is 47.9 Å². The zero-order valence-corrected chi connectivity index (χ0v) is 73.2. The van der Waals surface area contributed by atoms with Gasteiger partial charge in [0.25, 0.3) is 19.8 Å². The summed E-state index contributed by atoms with van der Waals surface area (Å²) in [6.07, 6.45) is -0.988. The van der Waals surface area contributed by atoms with Crippen molar-refractivity contribution in [1.82, 2.24) is 9.80 Å². The van der Waals surface area contributed by atoms with E-state index < -0.39 is 78.4 Å². The van der Waals surface area contributed by atoms with Crippen molar-refractivity contribution in [3.63, 3.8) is 0 Å². The standard InChI is InChI=1S/C22H20ClNO3.C18H16F9NO6S.C18H15P.C8H5Cl.2C2H4O2.3K.H3O4P.Pd/c1-2-26-21(25)13-24-14-22(15-24)12-18-8-5-17(11-20(18)27-22)4-3-16-6-9-19(23)10-7-16;1-2-32-13(29)7-28-8-14(9-28)6-10-3-4-11(5-12(10)33-14)34-35(30,31)18(26,27)16(21,22)15(19,20)17(23,24)25;1-4-10-16(11-5-1)19(17-12-6-2-7-13-17)18-14-8-3-9-15-18;1-2-7-3-5-8(9)6-4-7;2*1-2(3)4;;;;1-5(2,3)4;/h5-11H,2,12-15H2,1H3;3-5H,2,6-9H2,1H3;1-15H;1,3-6H;2*1H3,(H,3,4);;;;(H3,1,2,3,4);/q;;;;;;3*+1;;/p-1. The molecular weight excluding hydrogens is 1700 g/mol. The number of fused-ring (bicyclic) bond motifs is 2. The Kier molecular flexibility index (Phi) is 44.1. The molecule has 0 atom stereocenters. The van der Waals surface area contributed by atoms with Crippen LogP contribution in [0.3, 0.4) is 0 Å². The van der Waals surface area contributed by atoms with Crippen LogP contribution in [0.1, 0.15) is 55.5 Å². The van der Waals surface area contributed by atoms with Crippen LogP contribution in [0.15, 0.2) is 176 Å². The molecule has 0 aliphatic carbocycles. The van der Waals surface area contributed by atoms with E-state index in [0.29, 0.717) is 40.9 Å². The summed E-state index contributed by atoms with van der Waals surface area (Å²) < 4.78 is 175. The van der Waals surface area contributed by atoms with Crippen LogP contribution in [-0.2, 0) is 76.6 Å². The molecule has 0 amide bonds. The molecule has 2 saturated heterocycles. The summed E-state index contributed by atoms with van der Waals surface area (Å²) in [6, 6.07) is 55.6. The first-order valence-electron chi connectivity index (χ1n) is 30.2. The Morgan fingerprint density at radius 2 is 0.907 bits per heavy atom. The number of carboxylic acid groups (broad SMARTS) is 2. The number of carbonyl (C=O) groups is 4. The number of halogens is 11. The number of esters is 2. The van der Waals surface area contributed by atoms with Crippen molar-refractivity contribution in [2.24, 2.45) is 0 Å². The first-order chi connectivity index (χ1) is 48.1. The van der Waals surface area contributed by atoms with E-state index in [1.54, 1.807) is 24.0 Å². The minimum Gasteiger partial charge on any atom is -0.756 e. The van der Waals surface area contributed by atoms with Crippen molar-refractivity contribution in [3.05, 3.63) is 214 Å². The van der Waals surface area contributed by atoms with Crippen LogP contribution < -0.4 is 189 Å². The number of nitrogens with zero attached hydrogens (tertiary/aromatic N) is 2. The van der Waals surface area contributed by atoms with Gasteiger partial charge in [0.1, 0.15) is 28.5 Å². The fourth-order valence-corrected chi connectivity index (χ4v) is 13.4. The summed E-state index contributed by atoms with van der Waals surface area (Å²) in [7, 11) is -12.4. The molecule has 2 fully saturated rings. The van der Waals surface area contributed by atoms with E-state index in [0.717, 1.165) is 61.9 Å². The molecule has 11 rings (SSSR count). The number of benzene rings is 7. The summed E-state index contributed by atoms with van der Waals surface area (Å²) >= 11 is 11.5. The molecule has 107 heavy (non-hydrogen) atoms. The fourth-order valence-electron chi connectivity index (χ4n) is 9.92. The molecule has 37 heteroatoms. The van der Waals surface area contributed by atoms with Crippen LogP contribution in [-0.4, -0.2) is 149 Å². The molecule has 4 N–H and O–H groups in total. The maximum absolute atomic E-state index is 13.8. The Morgan fingerprint density at radius 3 is 1.25 bits per heavy atom. The third-order valence-electron chi connectivity index (χ3n) is 14.0. The van der Waals surface area contributed by atoms with Gasteiger partial charge < -0.3 is 48.0 Å². The van der Waals surface area contributed by atoms with E-state index in [1.807, 2.05) is 55.5 Å². The molecule has 0 aromatic heterocycles. The summed E-state index contributed by atoms with van der Waals surface area (Å²) in [4.78, 5) is 67.7. The molecule has 0 unspecified atom stereocenters. The minimum absolute atomic E-state index is 0. The Hall–Kier alpha value is -3.13. The van der Waals surface area contributed by atoms with E-state index in [4.69, 9.17) is 87.6 Å². The maximum atomic E-state index is 13.8. The molecule has 0 bridgehead atoms. The third-order valence-corrected chi connectivity index (χ3v) is 18.3. The average molecular weight is 1770 g/mol. The number of carboxylic acids is 2. The summed E-state index contributed by atoms with van der Waals surface area (Å²) in [5.41, 5.74) is 3.22. The molecule has 4 aliphatic heterocycles. The average Bonchev–Trinajstić information content (AvgIpc) is 1.11. The third kappa shape index (κ3) is 32.0. The maximum Gasteiger partial charge on any atom is 1.00 e. The van der Waals surface area contributed by atoms with Gasteiger partial charge in [-0.15, -0.1) is 6.42 Å². The van der Waals surface area contributed by atoms with Crippen molar-refractivity contribution >= 4 is 88.9 Å². The number of aliphatic carboxylic acids is 2. The monoisotopic (exact) mass is 1760 g/mol. The molecule has 562 valence electrons. The molecule has 0 radical (unpaired) electrons. The second-order valence-electron chi connectivity index (χ2n) is 22.4. The number of terminal acetylenes is 1. The largest absolute Gasteiger partial charge is 1.00 e. The number of carbonyl (C=O) groups excluding carboxylic acids is 2. The molecule has 7 aromatic carbocycles. The van der Waals surface area contributed by atoms with Gasteiger partial charge in [0, 0.05) is 106 Å². The normalized spacial score (nSPS) is 13.9. The number of likely N-dealkylation sites (tertiary alicyclic amines) is 2. The van der Waals surface area contributed by atoms with E-state index in [9.17, 15) is 57.5 Å². The first-order valence-corrected chi connectivity index (χ1v) is 35.3. The Bertz CT molecular complexity index is 4180.